The minimum Gasteiger partial charge on any atom is -0.309 e. The minimum absolute atomic E-state index is 1.25. The van der Waals surface area contributed by atoms with Gasteiger partial charge in [-0.3, -0.25) is 0 Å². The van der Waals surface area contributed by atoms with E-state index in [1.165, 1.54) is 79.0 Å². The highest BCUT2D eigenvalue weighted by Gasteiger charge is 2.17. The molecular weight excluding hydrogens is 511 g/mol. The number of thiophene rings is 2. The highest BCUT2D eigenvalue weighted by atomic mass is 32.1. The predicted molar refractivity (Wildman–Crippen MR) is 172 cm³/mol. The Morgan fingerprint density at radius 1 is 0.385 bits per heavy atom. The summed E-state index contributed by atoms with van der Waals surface area (Å²) in [5.74, 6) is 0. The number of nitrogens with zero attached hydrogens (tertiary/aromatic N) is 1. The lowest BCUT2D eigenvalue weighted by molar-refractivity contribution is 1.20. The van der Waals surface area contributed by atoms with E-state index in [1.54, 1.807) is 0 Å². The molecule has 6 aromatic carbocycles. The molecule has 0 aliphatic heterocycles. The second-order valence-electron chi connectivity index (χ2n) is 10.1. The molecule has 3 heterocycles. The topological polar surface area (TPSA) is 4.93 Å². The van der Waals surface area contributed by atoms with E-state index in [4.69, 9.17) is 0 Å². The van der Waals surface area contributed by atoms with Crippen LogP contribution in [0.15, 0.2) is 127 Å². The zero-order valence-electron chi connectivity index (χ0n) is 20.9. The van der Waals surface area contributed by atoms with Crippen LogP contribution in [0.3, 0.4) is 0 Å². The van der Waals surface area contributed by atoms with Crippen molar-refractivity contribution in [2.45, 2.75) is 0 Å². The van der Waals surface area contributed by atoms with Gasteiger partial charge in [-0.25, -0.2) is 0 Å². The Labute approximate surface area is 232 Å². The van der Waals surface area contributed by atoms with E-state index in [0.29, 0.717) is 0 Å². The van der Waals surface area contributed by atoms with Crippen LogP contribution < -0.4 is 0 Å². The molecule has 1 nitrogen and oxygen atoms in total. The summed E-state index contributed by atoms with van der Waals surface area (Å²) in [6, 6.07) is 46.9. The van der Waals surface area contributed by atoms with Crippen molar-refractivity contribution in [3.8, 4) is 16.8 Å². The average molecular weight is 532 g/mol. The molecule has 3 aromatic heterocycles. The van der Waals surface area contributed by atoms with E-state index < -0.39 is 0 Å². The molecule has 0 atom stereocenters. The summed E-state index contributed by atoms with van der Waals surface area (Å²) in [7, 11) is 0. The first kappa shape index (κ1) is 21.5. The van der Waals surface area contributed by atoms with Crippen molar-refractivity contribution in [2.75, 3.05) is 0 Å². The molecule has 0 spiro atoms. The third kappa shape index (κ3) is 3.06. The van der Waals surface area contributed by atoms with Crippen LogP contribution in [0.25, 0.3) is 79.0 Å². The Morgan fingerprint density at radius 3 is 1.67 bits per heavy atom. The molecule has 0 saturated carbocycles. The Balaban J connectivity index is 1.27. The molecular formula is C36H21NS2. The number of hydrogen-bond acceptors (Lipinski definition) is 2. The molecule has 0 saturated heterocycles. The monoisotopic (exact) mass is 531 g/mol. The number of benzene rings is 6. The van der Waals surface area contributed by atoms with E-state index in [-0.39, 0.29) is 0 Å². The van der Waals surface area contributed by atoms with Crippen molar-refractivity contribution in [1.82, 2.24) is 4.57 Å². The molecule has 0 bridgehead atoms. The summed E-state index contributed by atoms with van der Waals surface area (Å²) in [5.41, 5.74) is 6.29. The van der Waals surface area contributed by atoms with Gasteiger partial charge in [-0.1, -0.05) is 84.9 Å². The van der Waals surface area contributed by atoms with Crippen LogP contribution >= 0.6 is 22.7 Å². The molecule has 0 fully saturated rings. The lowest BCUT2D eigenvalue weighted by Crippen LogP contribution is -1.94. The molecule has 9 aromatic rings. The second kappa shape index (κ2) is 8.03. The SMILES string of the molecule is c1ccc2c(c1)sc1cc(-c3ccc4c(c3)sc3cccc(-n5c6ccccc6c6ccccc65)c34)ccc12. The summed E-state index contributed by atoms with van der Waals surface area (Å²) in [5, 5.41) is 7.93. The maximum absolute atomic E-state index is 2.45. The highest BCUT2D eigenvalue weighted by Crippen LogP contribution is 2.43. The van der Waals surface area contributed by atoms with Crippen LogP contribution in [0.2, 0.25) is 0 Å². The minimum atomic E-state index is 1.25. The van der Waals surface area contributed by atoms with Crippen LogP contribution in [-0.2, 0) is 0 Å². The standard InChI is InChI=1S/C36H21NS2/c1-4-11-29-24(8-1)25-9-2-5-12-30(25)37(29)31-13-7-15-33-36(31)28-19-17-23(21-35(28)39-33)22-16-18-27-26-10-3-6-14-32(26)38-34(27)20-22/h1-21H. The third-order valence-electron chi connectivity index (χ3n) is 8.01. The van der Waals surface area contributed by atoms with Gasteiger partial charge in [-0.05, 0) is 53.6 Å². The van der Waals surface area contributed by atoms with Gasteiger partial charge >= 0.3 is 0 Å². The number of hydrogen-bond donors (Lipinski definition) is 0. The number of aromatic nitrogens is 1. The van der Waals surface area contributed by atoms with Crippen molar-refractivity contribution in [1.29, 1.82) is 0 Å². The van der Waals surface area contributed by atoms with Crippen molar-refractivity contribution >= 4 is 84.8 Å². The van der Waals surface area contributed by atoms with Gasteiger partial charge in [-0.2, -0.15) is 0 Å². The van der Waals surface area contributed by atoms with Crippen molar-refractivity contribution in [3.05, 3.63) is 127 Å². The number of rotatable bonds is 2. The van der Waals surface area contributed by atoms with E-state index in [9.17, 15) is 0 Å². The first-order valence-corrected chi connectivity index (χ1v) is 14.8. The molecule has 3 heteroatoms. The van der Waals surface area contributed by atoms with Gasteiger partial charge < -0.3 is 4.57 Å². The summed E-state index contributed by atoms with van der Waals surface area (Å²) >= 11 is 3.77. The Bertz CT molecular complexity index is 2350. The Hall–Kier alpha value is -4.44. The van der Waals surface area contributed by atoms with Gasteiger partial charge in [0, 0.05) is 51.1 Å². The Morgan fingerprint density at radius 2 is 0.923 bits per heavy atom. The quantitative estimate of drug-likeness (QED) is 0.209. The van der Waals surface area contributed by atoms with Gasteiger partial charge in [0.2, 0.25) is 0 Å². The average Bonchev–Trinajstić information content (AvgIpc) is 3.65. The lowest BCUT2D eigenvalue weighted by Gasteiger charge is -2.10. The van der Waals surface area contributed by atoms with Crippen molar-refractivity contribution in [3.63, 3.8) is 0 Å². The first-order valence-electron chi connectivity index (χ1n) is 13.2. The summed E-state index contributed by atoms with van der Waals surface area (Å²) in [6.07, 6.45) is 0. The smallest absolute Gasteiger partial charge is 0.0555 e. The van der Waals surface area contributed by atoms with Crippen molar-refractivity contribution < 1.29 is 0 Å². The fourth-order valence-corrected chi connectivity index (χ4v) is 8.57. The molecule has 0 radical (unpaired) electrons. The van der Waals surface area contributed by atoms with Gasteiger partial charge in [-0.15, -0.1) is 22.7 Å². The van der Waals surface area contributed by atoms with Crippen LogP contribution in [0.1, 0.15) is 0 Å². The zero-order chi connectivity index (χ0) is 25.5. The fourth-order valence-electron chi connectivity index (χ4n) is 6.26. The summed E-state index contributed by atoms with van der Waals surface area (Å²) in [4.78, 5) is 0. The second-order valence-corrected chi connectivity index (χ2v) is 12.3. The third-order valence-corrected chi connectivity index (χ3v) is 10.3. The van der Waals surface area contributed by atoms with Crippen molar-refractivity contribution in [2.24, 2.45) is 0 Å². The molecule has 0 N–H and O–H groups in total. The van der Waals surface area contributed by atoms with E-state index in [1.807, 2.05) is 22.7 Å². The lowest BCUT2D eigenvalue weighted by atomic mass is 10.0. The van der Waals surface area contributed by atoms with Gasteiger partial charge in [0.05, 0.1) is 16.7 Å². The van der Waals surface area contributed by atoms with Gasteiger partial charge in [0.15, 0.2) is 0 Å². The molecule has 39 heavy (non-hydrogen) atoms. The molecule has 182 valence electrons. The first-order chi connectivity index (χ1) is 19.3. The van der Waals surface area contributed by atoms with Crippen LogP contribution in [0.5, 0.6) is 0 Å². The fraction of sp³-hybridized carbons (Fsp3) is 0. The number of fused-ring (bicyclic) bond motifs is 9. The molecule has 0 amide bonds. The van der Waals surface area contributed by atoms with Crippen LogP contribution in [0.4, 0.5) is 0 Å². The van der Waals surface area contributed by atoms with Gasteiger partial charge in [0.1, 0.15) is 0 Å². The Kier molecular flexibility index (Phi) is 4.43. The summed E-state index contributed by atoms with van der Waals surface area (Å²) < 4.78 is 7.79. The van der Waals surface area contributed by atoms with Gasteiger partial charge in [0.25, 0.3) is 0 Å². The summed E-state index contributed by atoms with van der Waals surface area (Å²) in [6.45, 7) is 0. The van der Waals surface area contributed by atoms with Crippen LogP contribution in [-0.4, -0.2) is 4.57 Å². The largest absolute Gasteiger partial charge is 0.309 e. The van der Waals surface area contributed by atoms with Crippen LogP contribution in [0, 0.1) is 0 Å². The number of para-hydroxylation sites is 2. The maximum atomic E-state index is 2.45. The molecule has 9 rings (SSSR count). The molecule has 0 aliphatic carbocycles. The normalized spacial score (nSPS) is 12.1. The highest BCUT2D eigenvalue weighted by molar-refractivity contribution is 7.26. The predicted octanol–water partition coefficient (Wildman–Crippen LogP) is 11.2. The van der Waals surface area contributed by atoms with E-state index in [0.717, 1.165) is 0 Å². The zero-order valence-corrected chi connectivity index (χ0v) is 22.5. The van der Waals surface area contributed by atoms with E-state index in [2.05, 4.69) is 132 Å². The maximum Gasteiger partial charge on any atom is 0.0555 e. The van der Waals surface area contributed by atoms with E-state index >= 15 is 0 Å². The molecule has 0 aliphatic rings. The molecule has 0 unspecified atom stereocenters.